The third kappa shape index (κ3) is 2.73. The van der Waals surface area contributed by atoms with Crippen molar-refractivity contribution in [3.63, 3.8) is 0 Å². The molecule has 116 valence electrons. The number of hydrogen-bond donors (Lipinski definition) is 1. The maximum absolute atomic E-state index is 12.9. The lowest BCUT2D eigenvalue weighted by Crippen LogP contribution is -2.56. The molecule has 2 aliphatic heterocycles. The summed E-state index contributed by atoms with van der Waals surface area (Å²) in [5.74, 6) is 0. The summed E-state index contributed by atoms with van der Waals surface area (Å²) in [6, 6.07) is 6.96. The molecule has 1 aromatic rings. The summed E-state index contributed by atoms with van der Waals surface area (Å²) in [5.41, 5.74) is 0.628. The zero-order valence-corrected chi connectivity index (χ0v) is 13.1. The maximum atomic E-state index is 12.9. The Labute approximate surface area is 126 Å². The Morgan fingerprint density at radius 1 is 1.33 bits per heavy atom. The SMILES string of the molecule is CC1CN2CCCC2CN1S(=O)(=O)c1cccc(CO)c1. The van der Waals surface area contributed by atoms with E-state index < -0.39 is 10.0 Å². The Bertz CT molecular complexity index is 617. The van der Waals surface area contributed by atoms with Crippen molar-refractivity contribution in [2.45, 2.75) is 43.4 Å². The molecule has 5 nitrogen and oxygen atoms in total. The van der Waals surface area contributed by atoms with E-state index in [0.29, 0.717) is 18.2 Å². The van der Waals surface area contributed by atoms with E-state index >= 15 is 0 Å². The predicted molar refractivity (Wildman–Crippen MR) is 80.3 cm³/mol. The first-order valence-electron chi connectivity index (χ1n) is 7.48. The van der Waals surface area contributed by atoms with Crippen molar-refractivity contribution in [1.29, 1.82) is 0 Å². The molecule has 0 aromatic heterocycles. The molecular formula is C15H22N2O3S. The largest absolute Gasteiger partial charge is 0.392 e. The number of aliphatic hydroxyl groups excluding tert-OH is 1. The van der Waals surface area contributed by atoms with Gasteiger partial charge in [-0.3, -0.25) is 4.90 Å². The van der Waals surface area contributed by atoms with Gasteiger partial charge in [-0.15, -0.1) is 0 Å². The minimum Gasteiger partial charge on any atom is -0.392 e. The van der Waals surface area contributed by atoms with Crippen LogP contribution in [0.25, 0.3) is 0 Å². The molecule has 0 saturated carbocycles. The van der Waals surface area contributed by atoms with Crippen LogP contribution in [0.2, 0.25) is 0 Å². The van der Waals surface area contributed by atoms with Gasteiger partial charge < -0.3 is 5.11 Å². The van der Waals surface area contributed by atoms with E-state index in [2.05, 4.69) is 4.90 Å². The summed E-state index contributed by atoms with van der Waals surface area (Å²) in [6.45, 7) is 4.30. The van der Waals surface area contributed by atoms with Gasteiger partial charge in [0.05, 0.1) is 11.5 Å². The fourth-order valence-corrected chi connectivity index (χ4v) is 5.17. The molecule has 2 atom stereocenters. The molecule has 2 saturated heterocycles. The standard InChI is InChI=1S/C15H22N2O3S/c1-12-9-16-7-3-5-14(16)10-17(12)21(19,20)15-6-2-4-13(8-15)11-18/h2,4,6,8,12,14,18H,3,5,7,9-11H2,1H3. The second kappa shape index (κ2) is 5.68. The topological polar surface area (TPSA) is 60.9 Å². The van der Waals surface area contributed by atoms with E-state index in [1.807, 2.05) is 6.92 Å². The van der Waals surface area contributed by atoms with Crippen LogP contribution in [0.4, 0.5) is 0 Å². The Hall–Kier alpha value is -0.950. The highest BCUT2D eigenvalue weighted by molar-refractivity contribution is 7.89. The highest BCUT2D eigenvalue weighted by Gasteiger charge is 2.40. The lowest BCUT2D eigenvalue weighted by molar-refractivity contribution is 0.117. The fourth-order valence-electron chi connectivity index (χ4n) is 3.44. The van der Waals surface area contributed by atoms with Crippen LogP contribution < -0.4 is 0 Å². The van der Waals surface area contributed by atoms with Gasteiger partial charge in [-0.1, -0.05) is 12.1 Å². The van der Waals surface area contributed by atoms with Crippen LogP contribution in [-0.2, 0) is 16.6 Å². The van der Waals surface area contributed by atoms with Gasteiger partial charge in [0.15, 0.2) is 0 Å². The van der Waals surface area contributed by atoms with Crippen LogP contribution >= 0.6 is 0 Å². The second-order valence-electron chi connectivity index (χ2n) is 6.02. The molecule has 0 amide bonds. The molecule has 0 spiro atoms. The number of nitrogens with zero attached hydrogens (tertiary/aromatic N) is 2. The molecule has 6 heteroatoms. The minimum absolute atomic E-state index is 0.0119. The van der Waals surface area contributed by atoms with Crippen LogP contribution in [0.1, 0.15) is 25.3 Å². The number of hydrogen-bond acceptors (Lipinski definition) is 4. The van der Waals surface area contributed by atoms with Crippen LogP contribution in [0.15, 0.2) is 29.2 Å². The van der Waals surface area contributed by atoms with Crippen LogP contribution in [-0.4, -0.2) is 54.4 Å². The molecule has 2 aliphatic rings. The molecule has 1 N–H and O–H groups in total. The second-order valence-corrected chi connectivity index (χ2v) is 7.91. The smallest absolute Gasteiger partial charge is 0.243 e. The van der Waals surface area contributed by atoms with Crippen molar-refractivity contribution in [3.05, 3.63) is 29.8 Å². The molecule has 2 fully saturated rings. The number of piperazine rings is 1. The first kappa shape index (κ1) is 15.0. The zero-order valence-electron chi connectivity index (χ0n) is 12.3. The van der Waals surface area contributed by atoms with Gasteiger partial charge in [-0.05, 0) is 44.0 Å². The van der Waals surface area contributed by atoms with Gasteiger partial charge in [0.2, 0.25) is 10.0 Å². The predicted octanol–water partition coefficient (Wildman–Crippen LogP) is 1.04. The Kier molecular flexibility index (Phi) is 4.05. The summed E-state index contributed by atoms with van der Waals surface area (Å²) >= 11 is 0. The van der Waals surface area contributed by atoms with Gasteiger partial charge in [0, 0.05) is 25.2 Å². The number of fused-ring (bicyclic) bond motifs is 1. The summed E-state index contributed by atoms with van der Waals surface area (Å²) in [4.78, 5) is 2.69. The number of sulfonamides is 1. The molecule has 1 aromatic carbocycles. The first-order chi connectivity index (χ1) is 10.0. The summed E-state index contributed by atoms with van der Waals surface area (Å²) in [6.07, 6.45) is 2.24. The summed E-state index contributed by atoms with van der Waals surface area (Å²) < 4.78 is 27.4. The molecule has 0 radical (unpaired) electrons. The average molecular weight is 310 g/mol. The van der Waals surface area contributed by atoms with Gasteiger partial charge in [0.1, 0.15) is 0 Å². The van der Waals surface area contributed by atoms with E-state index in [-0.39, 0.29) is 17.5 Å². The monoisotopic (exact) mass is 310 g/mol. The van der Waals surface area contributed by atoms with E-state index in [0.717, 1.165) is 25.9 Å². The molecule has 0 bridgehead atoms. The lowest BCUT2D eigenvalue weighted by atomic mass is 10.1. The van der Waals surface area contributed by atoms with Gasteiger partial charge >= 0.3 is 0 Å². The Morgan fingerprint density at radius 2 is 2.14 bits per heavy atom. The third-order valence-electron chi connectivity index (χ3n) is 4.57. The van der Waals surface area contributed by atoms with Crippen molar-refractivity contribution in [2.24, 2.45) is 0 Å². The van der Waals surface area contributed by atoms with Gasteiger partial charge in [0.25, 0.3) is 0 Å². The highest BCUT2D eigenvalue weighted by Crippen LogP contribution is 2.29. The summed E-state index contributed by atoms with van der Waals surface area (Å²) in [5, 5.41) is 9.20. The molecule has 21 heavy (non-hydrogen) atoms. The molecule has 3 rings (SSSR count). The molecule has 0 aliphatic carbocycles. The van der Waals surface area contributed by atoms with E-state index in [1.54, 1.807) is 28.6 Å². The van der Waals surface area contributed by atoms with Gasteiger partial charge in [-0.2, -0.15) is 4.31 Å². The van der Waals surface area contributed by atoms with E-state index in [1.165, 1.54) is 0 Å². The maximum Gasteiger partial charge on any atom is 0.243 e. The van der Waals surface area contributed by atoms with Gasteiger partial charge in [-0.25, -0.2) is 8.42 Å². The zero-order chi connectivity index (χ0) is 15.0. The number of rotatable bonds is 3. The van der Waals surface area contributed by atoms with E-state index in [9.17, 15) is 13.5 Å². The average Bonchev–Trinajstić information content (AvgIpc) is 2.93. The number of aliphatic hydroxyl groups is 1. The van der Waals surface area contributed by atoms with Crippen molar-refractivity contribution in [1.82, 2.24) is 9.21 Å². The Morgan fingerprint density at radius 3 is 2.90 bits per heavy atom. The summed E-state index contributed by atoms with van der Waals surface area (Å²) in [7, 11) is -3.49. The minimum atomic E-state index is -3.49. The quantitative estimate of drug-likeness (QED) is 0.906. The lowest BCUT2D eigenvalue weighted by Gasteiger charge is -2.41. The Balaban J connectivity index is 1.89. The third-order valence-corrected chi connectivity index (χ3v) is 6.54. The van der Waals surface area contributed by atoms with Crippen LogP contribution in [0.3, 0.4) is 0 Å². The molecule has 2 unspecified atom stereocenters. The fraction of sp³-hybridized carbons (Fsp3) is 0.600. The van der Waals surface area contributed by atoms with Crippen molar-refractivity contribution in [3.8, 4) is 0 Å². The molecular weight excluding hydrogens is 288 g/mol. The van der Waals surface area contributed by atoms with Crippen LogP contribution in [0, 0.1) is 0 Å². The first-order valence-corrected chi connectivity index (χ1v) is 8.92. The van der Waals surface area contributed by atoms with Crippen molar-refractivity contribution in [2.75, 3.05) is 19.6 Å². The normalized spacial score (nSPS) is 27.7. The van der Waals surface area contributed by atoms with Crippen molar-refractivity contribution < 1.29 is 13.5 Å². The molecule has 2 heterocycles. The van der Waals surface area contributed by atoms with Crippen LogP contribution in [0.5, 0.6) is 0 Å². The highest BCUT2D eigenvalue weighted by atomic mass is 32.2. The van der Waals surface area contributed by atoms with Crippen molar-refractivity contribution >= 4 is 10.0 Å². The van der Waals surface area contributed by atoms with E-state index in [4.69, 9.17) is 0 Å². The number of benzene rings is 1.